The molecular formula is C10H14N2O2. The summed E-state index contributed by atoms with van der Waals surface area (Å²) in [5, 5.41) is 0. The lowest BCUT2D eigenvalue weighted by atomic mass is 10.2. The average molecular weight is 194 g/mol. The van der Waals surface area contributed by atoms with Gasteiger partial charge in [0, 0.05) is 20.5 Å². The van der Waals surface area contributed by atoms with Crippen molar-refractivity contribution in [2.24, 2.45) is 0 Å². The monoisotopic (exact) mass is 194 g/mol. The van der Waals surface area contributed by atoms with Crippen molar-refractivity contribution in [1.82, 2.24) is 9.80 Å². The van der Waals surface area contributed by atoms with Crippen LogP contribution in [-0.2, 0) is 9.59 Å². The zero-order valence-corrected chi connectivity index (χ0v) is 8.49. The van der Waals surface area contributed by atoms with Gasteiger partial charge in [0.1, 0.15) is 6.04 Å². The Morgan fingerprint density at radius 2 is 2.36 bits per heavy atom. The molecule has 1 unspecified atom stereocenters. The molecule has 1 rings (SSSR count). The Bertz CT molecular complexity index is 291. The summed E-state index contributed by atoms with van der Waals surface area (Å²) in [4.78, 5) is 26.0. The summed E-state index contributed by atoms with van der Waals surface area (Å²) >= 11 is 0. The smallest absolute Gasteiger partial charge is 0.244 e. The Balaban J connectivity index is 2.75. The van der Waals surface area contributed by atoms with Crippen molar-refractivity contribution in [3.8, 4) is 12.3 Å². The molecule has 0 bridgehead atoms. The van der Waals surface area contributed by atoms with Crippen molar-refractivity contribution in [1.29, 1.82) is 0 Å². The van der Waals surface area contributed by atoms with Crippen LogP contribution in [0.3, 0.4) is 0 Å². The normalized spacial score (nSPS) is 20.8. The van der Waals surface area contributed by atoms with Crippen molar-refractivity contribution in [3.05, 3.63) is 0 Å². The first kappa shape index (κ1) is 10.6. The van der Waals surface area contributed by atoms with Crippen LogP contribution in [0.4, 0.5) is 0 Å². The molecule has 1 aliphatic rings. The predicted molar refractivity (Wildman–Crippen MR) is 52.3 cm³/mol. The lowest BCUT2D eigenvalue weighted by Crippen LogP contribution is -2.44. The Morgan fingerprint density at radius 3 is 2.86 bits per heavy atom. The van der Waals surface area contributed by atoms with Gasteiger partial charge in [0.2, 0.25) is 11.8 Å². The zero-order chi connectivity index (χ0) is 10.7. The maximum absolute atomic E-state index is 11.6. The van der Waals surface area contributed by atoms with Gasteiger partial charge in [-0.05, 0) is 6.42 Å². The number of likely N-dealkylation sites (tertiary alicyclic amines) is 1. The number of amides is 2. The number of rotatable bonds is 2. The highest BCUT2D eigenvalue weighted by Crippen LogP contribution is 2.19. The highest BCUT2D eigenvalue weighted by atomic mass is 16.2. The fraction of sp³-hybridized carbons (Fsp3) is 0.600. The molecule has 4 nitrogen and oxygen atoms in total. The molecule has 0 radical (unpaired) electrons. The number of carbonyl (C=O) groups excluding carboxylic acids is 2. The number of terminal acetylenes is 1. The first-order valence-electron chi connectivity index (χ1n) is 4.52. The van der Waals surface area contributed by atoms with Gasteiger partial charge in [0.15, 0.2) is 0 Å². The number of hydrogen-bond donors (Lipinski definition) is 0. The van der Waals surface area contributed by atoms with Crippen LogP contribution >= 0.6 is 0 Å². The van der Waals surface area contributed by atoms with Gasteiger partial charge in [-0.3, -0.25) is 9.59 Å². The van der Waals surface area contributed by atoms with Crippen LogP contribution in [0.2, 0.25) is 0 Å². The van der Waals surface area contributed by atoms with Crippen LogP contribution in [0.15, 0.2) is 0 Å². The molecule has 2 amide bonds. The Morgan fingerprint density at radius 1 is 1.71 bits per heavy atom. The van der Waals surface area contributed by atoms with Crippen LogP contribution < -0.4 is 0 Å². The van der Waals surface area contributed by atoms with E-state index in [9.17, 15) is 9.59 Å². The van der Waals surface area contributed by atoms with Crippen molar-refractivity contribution < 1.29 is 9.59 Å². The molecule has 1 fully saturated rings. The van der Waals surface area contributed by atoms with Crippen LogP contribution in [0.25, 0.3) is 0 Å². The van der Waals surface area contributed by atoms with Gasteiger partial charge < -0.3 is 9.80 Å². The lowest BCUT2D eigenvalue weighted by molar-refractivity contribution is -0.139. The highest BCUT2D eigenvalue weighted by molar-refractivity contribution is 5.90. The molecule has 1 heterocycles. The first-order valence-corrected chi connectivity index (χ1v) is 4.52. The standard InChI is InChI=1S/C10H14N2O2/c1-4-7-12-8(5-6-9(12)13)10(14)11(2)3/h1,8H,5-7H2,2-3H3. The van der Waals surface area contributed by atoms with E-state index in [1.165, 1.54) is 9.80 Å². The van der Waals surface area contributed by atoms with Crippen LogP contribution in [0, 0.1) is 12.3 Å². The van der Waals surface area contributed by atoms with E-state index in [1.54, 1.807) is 14.1 Å². The van der Waals surface area contributed by atoms with E-state index in [4.69, 9.17) is 6.42 Å². The minimum Gasteiger partial charge on any atom is -0.347 e. The number of likely N-dealkylation sites (N-methyl/N-ethyl adjacent to an activating group) is 1. The molecule has 1 aliphatic heterocycles. The quantitative estimate of drug-likeness (QED) is 0.566. The van der Waals surface area contributed by atoms with Gasteiger partial charge >= 0.3 is 0 Å². The van der Waals surface area contributed by atoms with Crippen molar-refractivity contribution in [2.75, 3.05) is 20.6 Å². The first-order chi connectivity index (χ1) is 6.57. The summed E-state index contributed by atoms with van der Waals surface area (Å²) in [5.41, 5.74) is 0. The van der Waals surface area contributed by atoms with Gasteiger partial charge in [-0.2, -0.15) is 0 Å². The molecule has 0 spiro atoms. The minimum absolute atomic E-state index is 0.0249. The van der Waals surface area contributed by atoms with E-state index in [0.717, 1.165) is 0 Å². The third kappa shape index (κ3) is 1.87. The van der Waals surface area contributed by atoms with Crippen LogP contribution in [0.5, 0.6) is 0 Å². The molecule has 0 aromatic rings. The Labute approximate surface area is 83.9 Å². The SMILES string of the molecule is C#CCN1C(=O)CCC1C(=O)N(C)C. The second kappa shape index (κ2) is 4.14. The molecular weight excluding hydrogens is 180 g/mol. The molecule has 4 heteroatoms. The second-order valence-corrected chi connectivity index (χ2v) is 3.51. The van der Waals surface area contributed by atoms with Gasteiger partial charge in [0.25, 0.3) is 0 Å². The topological polar surface area (TPSA) is 40.6 Å². The predicted octanol–water partition coefficient (Wildman–Crippen LogP) is -0.301. The third-order valence-electron chi connectivity index (χ3n) is 2.32. The van der Waals surface area contributed by atoms with E-state index < -0.39 is 0 Å². The molecule has 76 valence electrons. The Kier molecular flexibility index (Phi) is 3.13. The summed E-state index contributed by atoms with van der Waals surface area (Å²) < 4.78 is 0. The molecule has 1 saturated heterocycles. The highest BCUT2D eigenvalue weighted by Gasteiger charge is 2.35. The molecule has 14 heavy (non-hydrogen) atoms. The van der Waals surface area contributed by atoms with E-state index in [2.05, 4.69) is 5.92 Å². The van der Waals surface area contributed by atoms with E-state index >= 15 is 0 Å². The fourth-order valence-corrected chi connectivity index (χ4v) is 1.59. The van der Waals surface area contributed by atoms with Crippen molar-refractivity contribution in [2.45, 2.75) is 18.9 Å². The average Bonchev–Trinajstić information content (AvgIpc) is 2.48. The number of carbonyl (C=O) groups is 2. The maximum atomic E-state index is 11.6. The van der Waals surface area contributed by atoms with E-state index in [-0.39, 0.29) is 24.4 Å². The van der Waals surface area contributed by atoms with Crippen LogP contribution in [-0.4, -0.2) is 48.3 Å². The van der Waals surface area contributed by atoms with Crippen molar-refractivity contribution in [3.63, 3.8) is 0 Å². The van der Waals surface area contributed by atoms with Crippen molar-refractivity contribution >= 4 is 11.8 Å². The van der Waals surface area contributed by atoms with Gasteiger partial charge in [-0.25, -0.2) is 0 Å². The summed E-state index contributed by atoms with van der Waals surface area (Å²) in [7, 11) is 3.36. The number of hydrogen-bond acceptors (Lipinski definition) is 2. The summed E-state index contributed by atoms with van der Waals surface area (Å²) in [5.74, 6) is 2.32. The molecule has 0 aromatic heterocycles. The summed E-state index contributed by atoms with van der Waals surface area (Å²) in [6.07, 6.45) is 6.14. The summed E-state index contributed by atoms with van der Waals surface area (Å²) in [6.45, 7) is 0.225. The Hall–Kier alpha value is -1.50. The van der Waals surface area contributed by atoms with Gasteiger partial charge in [0.05, 0.1) is 6.54 Å². The molecule has 0 aromatic carbocycles. The minimum atomic E-state index is -0.353. The van der Waals surface area contributed by atoms with E-state index in [1.807, 2.05) is 0 Å². The van der Waals surface area contributed by atoms with Gasteiger partial charge in [-0.15, -0.1) is 6.42 Å². The lowest BCUT2D eigenvalue weighted by Gasteiger charge is -2.24. The maximum Gasteiger partial charge on any atom is 0.244 e. The fourth-order valence-electron chi connectivity index (χ4n) is 1.59. The largest absolute Gasteiger partial charge is 0.347 e. The third-order valence-corrected chi connectivity index (χ3v) is 2.32. The van der Waals surface area contributed by atoms with E-state index in [0.29, 0.717) is 12.8 Å². The van der Waals surface area contributed by atoms with Gasteiger partial charge in [-0.1, -0.05) is 5.92 Å². The molecule has 0 aliphatic carbocycles. The molecule has 0 saturated carbocycles. The zero-order valence-electron chi connectivity index (χ0n) is 8.49. The second-order valence-electron chi connectivity index (χ2n) is 3.51. The molecule has 0 N–H and O–H groups in total. The van der Waals surface area contributed by atoms with Crippen LogP contribution in [0.1, 0.15) is 12.8 Å². The summed E-state index contributed by atoms with van der Waals surface area (Å²) in [6, 6.07) is -0.353. The number of nitrogens with zero attached hydrogens (tertiary/aromatic N) is 2. The molecule has 1 atom stereocenters.